The zero-order valence-electron chi connectivity index (χ0n) is 3.16. The van der Waals surface area contributed by atoms with Crippen molar-refractivity contribution < 1.29 is 4.57 Å². The smallest absolute Gasteiger partial charge is 0.215 e. The summed E-state index contributed by atoms with van der Waals surface area (Å²) in [5.41, 5.74) is 0. The molecule has 0 aromatic rings. The van der Waals surface area contributed by atoms with Gasteiger partial charge in [-0.05, 0) is 0 Å². The second-order valence-electron chi connectivity index (χ2n) is 0.334. The number of hydrogen-bond acceptors (Lipinski definition) is 2. The third-order valence-corrected chi connectivity index (χ3v) is 1.89. The normalized spacial score (nSPS) is 18.2. The Morgan fingerprint density at radius 3 is 2.60 bits per heavy atom. The predicted molar refractivity (Wildman–Crippen MR) is 34.1 cm³/mol. The maximum Gasteiger partial charge on any atom is 0.215 e. The molecule has 5 heteroatoms. The Morgan fingerprint density at radius 2 is 2.60 bits per heavy atom. The van der Waals surface area contributed by atoms with E-state index in [4.69, 9.17) is 1.12 Å². The number of rotatable bonds is 1. The van der Waals surface area contributed by atoms with E-state index < -0.39 is 8.01 Å². The summed E-state index contributed by atoms with van der Waals surface area (Å²) in [6.45, 7) is 0. The molecule has 0 aliphatic rings. The van der Waals surface area contributed by atoms with Gasteiger partial charge in [0.2, 0.25) is 7.66 Å². The summed E-state index contributed by atoms with van der Waals surface area (Å²) < 4.78 is 16.3. The van der Waals surface area contributed by atoms with Gasteiger partial charge in [0, 0.05) is 0 Å². The minimum Gasteiger partial charge on any atom is -0.263 e. The van der Waals surface area contributed by atoms with Crippen molar-refractivity contribution in [3.8, 4) is 0 Å². The summed E-state index contributed by atoms with van der Waals surface area (Å²) in [6, 6.07) is 0. The van der Waals surface area contributed by atoms with Crippen LogP contribution in [0.5, 0.6) is 0 Å². The molecule has 0 rings (SSSR count). The lowest BCUT2D eigenvalue weighted by Gasteiger charge is -1.69. The highest BCUT2D eigenvalue weighted by molar-refractivity contribution is 8.94. The fourth-order valence-electron chi connectivity index (χ4n) is 0. The first-order valence-electron chi connectivity index (χ1n) is 1.21. The van der Waals surface area contributed by atoms with E-state index in [0.29, 0.717) is 0 Å². The van der Waals surface area contributed by atoms with Gasteiger partial charge in [-0.2, -0.15) is 0 Å². The van der Waals surface area contributed by atoms with Gasteiger partial charge in [0.25, 0.3) is 0 Å². The van der Waals surface area contributed by atoms with Crippen molar-refractivity contribution in [2.24, 2.45) is 0 Å². The third-order valence-electron chi connectivity index (χ3n) is 0.0698. The SMILES string of the molecule is [3H][SH](=S)(S)P=O. The van der Waals surface area contributed by atoms with Gasteiger partial charge >= 0.3 is 0 Å². The first-order chi connectivity index (χ1) is 2.56. The molecule has 0 bridgehead atoms. The maximum atomic E-state index is 9.60. The molecule has 5 heavy (non-hydrogen) atoms. The van der Waals surface area contributed by atoms with E-state index in [1.165, 1.54) is 0 Å². The Hall–Kier alpha value is 1.02. The van der Waals surface area contributed by atoms with Gasteiger partial charge in [0.15, 0.2) is 0 Å². The van der Waals surface area contributed by atoms with Crippen molar-refractivity contribution >= 4 is 38.5 Å². The first-order valence-corrected chi connectivity index (χ1v) is 5.79. The lowest BCUT2D eigenvalue weighted by Crippen LogP contribution is -1.39. The minimum absolute atomic E-state index is 0.319. The summed E-state index contributed by atoms with van der Waals surface area (Å²) in [7, 11) is -2.77. The Morgan fingerprint density at radius 1 is 2.40 bits per heavy atom. The highest BCUT2D eigenvalue weighted by Crippen LogP contribution is 2.03. The van der Waals surface area contributed by atoms with E-state index in [-0.39, 0.29) is 7.66 Å². The van der Waals surface area contributed by atoms with Crippen LogP contribution in [0.25, 0.3) is 0 Å². The molecule has 0 saturated carbocycles. The zero-order chi connectivity index (χ0) is 5.21. The van der Waals surface area contributed by atoms with E-state index in [2.05, 4.69) is 22.8 Å². The van der Waals surface area contributed by atoms with E-state index in [1.807, 2.05) is 0 Å². The van der Waals surface area contributed by atoms with Crippen molar-refractivity contribution in [3.05, 3.63) is 0 Å². The molecule has 0 fully saturated rings. The Labute approximate surface area is 44.6 Å². The van der Waals surface area contributed by atoms with E-state index in [9.17, 15) is 4.57 Å². The van der Waals surface area contributed by atoms with Crippen molar-refractivity contribution in [2.45, 2.75) is 0 Å². The fraction of sp³-hybridized carbons (Fsp3) is 0. The quantitative estimate of drug-likeness (QED) is 0.333. The average Bonchev–Trinajstić information content (AvgIpc) is 1.35. The number of hydrogen-bond donors (Lipinski definition) is 1. The van der Waals surface area contributed by atoms with Gasteiger partial charge in [-0.25, -0.2) is 0 Å². The van der Waals surface area contributed by atoms with E-state index >= 15 is 0 Å². The largest absolute Gasteiger partial charge is 0.263 e. The summed E-state index contributed by atoms with van der Waals surface area (Å²) in [5.74, 6) is 0. The van der Waals surface area contributed by atoms with Crippen LogP contribution >= 0.6 is 19.3 Å². The molecule has 0 saturated heterocycles. The van der Waals surface area contributed by atoms with Crippen molar-refractivity contribution in [1.82, 2.24) is 0 Å². The molecule has 0 spiro atoms. The van der Waals surface area contributed by atoms with Crippen LogP contribution < -0.4 is 0 Å². The zero-order valence-corrected chi connectivity index (χ0v) is 5.66. The Kier molecular flexibility index (Phi) is 2.70. The molecule has 0 N–H and O–H groups in total. The van der Waals surface area contributed by atoms with Crippen molar-refractivity contribution in [1.29, 1.82) is 1.12 Å². The monoisotopic (exact) mass is 148 g/mol. The van der Waals surface area contributed by atoms with Crippen molar-refractivity contribution in [3.63, 3.8) is 0 Å². The molecule has 0 amide bonds. The molecule has 0 aliphatic heterocycles. The van der Waals surface area contributed by atoms with Crippen LogP contribution in [-0.2, 0) is 23.8 Å². The van der Waals surface area contributed by atoms with Gasteiger partial charge in [-0.15, -0.1) is 19.7 Å². The Bertz CT molecular complexity index is 93.0. The molecule has 0 radical (unpaired) electrons. The van der Waals surface area contributed by atoms with Crippen LogP contribution in [0.15, 0.2) is 0 Å². The third kappa shape index (κ3) is 5.02. The second-order valence-corrected chi connectivity index (χ2v) is 7.56. The summed E-state index contributed by atoms with van der Waals surface area (Å²) in [4.78, 5) is 0. The lowest BCUT2D eigenvalue weighted by atomic mass is 16.0. The summed E-state index contributed by atoms with van der Waals surface area (Å²) in [6.07, 6.45) is 0. The predicted octanol–water partition coefficient (Wildman–Crippen LogP) is 0.583. The molecule has 0 heterocycles. The van der Waals surface area contributed by atoms with Gasteiger partial charge in [0.05, 0.1) is 0 Å². The average molecular weight is 148 g/mol. The first kappa shape index (κ1) is 4.19. The van der Waals surface area contributed by atoms with Crippen LogP contribution in [0.1, 0.15) is 0 Å². The molecule has 0 aromatic carbocycles. The highest BCUT2D eigenvalue weighted by atomic mass is 33.5. The topological polar surface area (TPSA) is 17.1 Å². The molecular weight excluding hydrogens is 143 g/mol. The highest BCUT2D eigenvalue weighted by Gasteiger charge is 1.63. The van der Waals surface area contributed by atoms with Gasteiger partial charge < -0.3 is 0 Å². The fourth-order valence-corrected chi connectivity index (χ4v) is 0. The van der Waals surface area contributed by atoms with Crippen molar-refractivity contribution in [2.75, 3.05) is 0 Å². The van der Waals surface area contributed by atoms with Crippen LogP contribution in [0, 0.1) is 0 Å². The van der Waals surface area contributed by atoms with Crippen LogP contribution in [0.2, 0.25) is 0 Å². The Balaban J connectivity index is 3.81. The van der Waals surface area contributed by atoms with Crippen LogP contribution in [0.4, 0.5) is 0 Å². The molecule has 32 valence electrons. The molecule has 0 aromatic heterocycles. The summed E-state index contributed by atoms with van der Waals surface area (Å²) >= 11 is 7.83. The van der Waals surface area contributed by atoms with Gasteiger partial charge in [0.1, 0.15) is 1.12 Å². The standard InChI is InChI=1S/H3OPS3/c1-2-5(3)4/h5H2,(H,3,4)/i5T. The maximum absolute atomic E-state index is 9.60. The minimum atomic E-state index is -2.45. The van der Waals surface area contributed by atoms with Gasteiger partial charge in [-0.1, -0.05) is 11.2 Å². The lowest BCUT2D eigenvalue weighted by molar-refractivity contribution is 0.605. The van der Waals surface area contributed by atoms with Gasteiger partial charge in [-0.3, -0.25) is 4.57 Å². The van der Waals surface area contributed by atoms with Crippen LogP contribution in [0.3, 0.4) is 0 Å². The molecule has 1 nitrogen and oxygen atoms in total. The molecular formula is H3OPS3. The van der Waals surface area contributed by atoms with Crippen LogP contribution in [-0.4, -0.2) is 1.12 Å². The van der Waals surface area contributed by atoms with E-state index in [1.54, 1.807) is 0 Å². The molecule has 0 atom stereocenters. The second kappa shape index (κ2) is 3.22. The molecule has 0 aliphatic carbocycles. The summed E-state index contributed by atoms with van der Waals surface area (Å²) in [5, 5.41) is 0. The number of thiol groups is 1. The molecule has 0 unspecified atom stereocenters. The van der Waals surface area contributed by atoms with E-state index in [0.717, 1.165) is 0 Å².